The first-order valence-corrected chi connectivity index (χ1v) is 6.15. The highest BCUT2D eigenvalue weighted by atomic mass is 32.2. The molecule has 0 spiro atoms. The van der Waals surface area contributed by atoms with Crippen molar-refractivity contribution in [3.8, 4) is 0 Å². The van der Waals surface area contributed by atoms with Crippen LogP contribution < -0.4 is 5.32 Å². The molecule has 1 aromatic rings. The van der Waals surface area contributed by atoms with Crippen LogP contribution in [-0.4, -0.2) is 18.8 Å². The molecular formula is C12H17NS. The van der Waals surface area contributed by atoms with Crippen molar-refractivity contribution >= 4 is 11.8 Å². The highest BCUT2D eigenvalue weighted by Gasteiger charge is 2.16. The number of benzene rings is 1. The summed E-state index contributed by atoms with van der Waals surface area (Å²) in [7, 11) is 0. The average molecular weight is 207 g/mol. The van der Waals surface area contributed by atoms with Gasteiger partial charge in [0.2, 0.25) is 0 Å². The fraction of sp³-hybridized carbons (Fsp3) is 0.500. The van der Waals surface area contributed by atoms with Crippen molar-refractivity contribution in [2.24, 2.45) is 5.92 Å². The lowest BCUT2D eigenvalue weighted by molar-refractivity contribution is 0.385. The van der Waals surface area contributed by atoms with Gasteiger partial charge < -0.3 is 5.32 Å². The van der Waals surface area contributed by atoms with E-state index in [9.17, 15) is 0 Å². The zero-order valence-corrected chi connectivity index (χ0v) is 9.66. The SMILES string of the molecule is Cc1ccc(SCC2CNC2)cc1C. The second-order valence-electron chi connectivity index (χ2n) is 4.08. The summed E-state index contributed by atoms with van der Waals surface area (Å²) in [6.07, 6.45) is 0. The summed E-state index contributed by atoms with van der Waals surface area (Å²) in [5.41, 5.74) is 2.79. The summed E-state index contributed by atoms with van der Waals surface area (Å²) in [6, 6.07) is 6.75. The molecule has 1 aliphatic rings. The standard InChI is InChI=1S/C12H17NS/c1-9-3-4-12(5-10(9)2)14-8-11-6-13-7-11/h3-5,11,13H,6-8H2,1-2H3. The molecule has 1 fully saturated rings. The fourth-order valence-electron chi connectivity index (χ4n) is 1.48. The number of rotatable bonds is 3. The van der Waals surface area contributed by atoms with Gasteiger partial charge in [-0.25, -0.2) is 0 Å². The fourth-order valence-corrected chi connectivity index (χ4v) is 2.57. The Morgan fingerprint density at radius 1 is 1.29 bits per heavy atom. The van der Waals surface area contributed by atoms with E-state index in [4.69, 9.17) is 0 Å². The third-order valence-corrected chi connectivity index (χ3v) is 4.06. The van der Waals surface area contributed by atoms with Crippen LogP contribution in [0, 0.1) is 19.8 Å². The Morgan fingerprint density at radius 2 is 2.07 bits per heavy atom. The predicted octanol–water partition coefficient (Wildman–Crippen LogP) is 2.61. The number of thioether (sulfide) groups is 1. The lowest BCUT2D eigenvalue weighted by atomic mass is 10.1. The van der Waals surface area contributed by atoms with Gasteiger partial charge in [-0.15, -0.1) is 11.8 Å². The number of hydrogen-bond donors (Lipinski definition) is 1. The van der Waals surface area contributed by atoms with E-state index in [2.05, 4.69) is 37.4 Å². The molecule has 76 valence electrons. The summed E-state index contributed by atoms with van der Waals surface area (Å²) in [5, 5.41) is 3.30. The second-order valence-corrected chi connectivity index (χ2v) is 5.17. The van der Waals surface area contributed by atoms with Crippen LogP contribution in [0.5, 0.6) is 0 Å². The van der Waals surface area contributed by atoms with E-state index in [0.717, 1.165) is 5.92 Å². The van der Waals surface area contributed by atoms with Gasteiger partial charge in [0.15, 0.2) is 0 Å². The molecule has 0 bridgehead atoms. The molecule has 1 nitrogen and oxygen atoms in total. The molecule has 1 aromatic carbocycles. The van der Waals surface area contributed by atoms with Crippen molar-refractivity contribution in [1.29, 1.82) is 0 Å². The predicted molar refractivity (Wildman–Crippen MR) is 63.0 cm³/mol. The van der Waals surface area contributed by atoms with Crippen molar-refractivity contribution in [2.75, 3.05) is 18.8 Å². The Labute approximate surface area is 90.3 Å². The van der Waals surface area contributed by atoms with Crippen LogP contribution in [0.25, 0.3) is 0 Å². The van der Waals surface area contributed by atoms with Crippen molar-refractivity contribution in [1.82, 2.24) is 5.32 Å². The van der Waals surface area contributed by atoms with Gasteiger partial charge in [0, 0.05) is 10.6 Å². The molecule has 0 amide bonds. The largest absolute Gasteiger partial charge is 0.316 e. The van der Waals surface area contributed by atoms with E-state index in [-0.39, 0.29) is 0 Å². The summed E-state index contributed by atoms with van der Waals surface area (Å²) in [6.45, 7) is 6.76. The highest BCUT2D eigenvalue weighted by Crippen LogP contribution is 2.24. The molecule has 1 N–H and O–H groups in total. The van der Waals surface area contributed by atoms with Gasteiger partial charge in [-0.3, -0.25) is 0 Å². The van der Waals surface area contributed by atoms with Crippen LogP contribution in [0.1, 0.15) is 11.1 Å². The van der Waals surface area contributed by atoms with Gasteiger partial charge in [0.05, 0.1) is 0 Å². The molecule has 0 atom stereocenters. The molecular weight excluding hydrogens is 190 g/mol. The molecule has 0 aromatic heterocycles. The smallest absolute Gasteiger partial charge is 0.00748 e. The van der Waals surface area contributed by atoms with E-state index < -0.39 is 0 Å². The minimum atomic E-state index is 0.890. The monoisotopic (exact) mass is 207 g/mol. The Hall–Kier alpha value is -0.470. The Balaban J connectivity index is 1.91. The maximum absolute atomic E-state index is 3.30. The minimum absolute atomic E-state index is 0.890. The van der Waals surface area contributed by atoms with Crippen molar-refractivity contribution < 1.29 is 0 Å². The van der Waals surface area contributed by atoms with Gasteiger partial charge in [-0.1, -0.05) is 6.07 Å². The molecule has 2 heteroatoms. The second kappa shape index (κ2) is 4.37. The first-order valence-electron chi connectivity index (χ1n) is 5.16. The lowest BCUT2D eigenvalue weighted by Crippen LogP contribution is -2.43. The Morgan fingerprint density at radius 3 is 2.64 bits per heavy atom. The van der Waals surface area contributed by atoms with Crippen LogP contribution in [-0.2, 0) is 0 Å². The first kappa shape index (κ1) is 10.1. The topological polar surface area (TPSA) is 12.0 Å². The lowest BCUT2D eigenvalue weighted by Gasteiger charge is -2.26. The van der Waals surface area contributed by atoms with E-state index in [0.29, 0.717) is 0 Å². The third-order valence-electron chi connectivity index (χ3n) is 2.83. The zero-order valence-electron chi connectivity index (χ0n) is 8.84. The van der Waals surface area contributed by atoms with Crippen LogP contribution in [0.4, 0.5) is 0 Å². The number of hydrogen-bond acceptors (Lipinski definition) is 2. The van der Waals surface area contributed by atoms with E-state index in [1.54, 1.807) is 0 Å². The maximum atomic E-state index is 3.30. The van der Waals surface area contributed by atoms with Crippen molar-refractivity contribution in [2.45, 2.75) is 18.7 Å². The summed E-state index contributed by atoms with van der Waals surface area (Å²) >= 11 is 1.99. The molecule has 0 unspecified atom stereocenters. The Kier molecular flexibility index (Phi) is 3.14. The molecule has 1 heterocycles. The van der Waals surface area contributed by atoms with Crippen molar-refractivity contribution in [3.63, 3.8) is 0 Å². The normalized spacial score (nSPS) is 16.7. The van der Waals surface area contributed by atoms with Gasteiger partial charge in [-0.05, 0) is 56.1 Å². The van der Waals surface area contributed by atoms with Gasteiger partial charge >= 0.3 is 0 Å². The molecule has 1 aliphatic heterocycles. The van der Waals surface area contributed by atoms with Crippen molar-refractivity contribution in [3.05, 3.63) is 29.3 Å². The number of aryl methyl sites for hydroxylation is 2. The summed E-state index contributed by atoms with van der Waals surface area (Å²) in [5.74, 6) is 2.15. The third kappa shape index (κ3) is 2.31. The Bertz CT molecular complexity index is 318. The van der Waals surface area contributed by atoms with Crippen LogP contribution >= 0.6 is 11.8 Å². The number of nitrogens with one attached hydrogen (secondary N) is 1. The minimum Gasteiger partial charge on any atom is -0.316 e. The molecule has 1 saturated heterocycles. The molecule has 2 rings (SSSR count). The van der Waals surface area contributed by atoms with E-state index in [1.807, 2.05) is 11.8 Å². The van der Waals surface area contributed by atoms with E-state index in [1.165, 1.54) is 34.9 Å². The van der Waals surface area contributed by atoms with Crippen LogP contribution in [0.3, 0.4) is 0 Å². The highest BCUT2D eigenvalue weighted by molar-refractivity contribution is 7.99. The quantitative estimate of drug-likeness (QED) is 0.765. The van der Waals surface area contributed by atoms with Crippen LogP contribution in [0.2, 0.25) is 0 Å². The van der Waals surface area contributed by atoms with Gasteiger partial charge in [0.1, 0.15) is 0 Å². The van der Waals surface area contributed by atoms with E-state index >= 15 is 0 Å². The summed E-state index contributed by atoms with van der Waals surface area (Å²) in [4.78, 5) is 1.42. The molecule has 0 aliphatic carbocycles. The molecule has 0 radical (unpaired) electrons. The van der Waals surface area contributed by atoms with Crippen LogP contribution in [0.15, 0.2) is 23.1 Å². The zero-order chi connectivity index (χ0) is 9.97. The molecule has 0 saturated carbocycles. The van der Waals surface area contributed by atoms with Gasteiger partial charge in [0.25, 0.3) is 0 Å². The molecule has 14 heavy (non-hydrogen) atoms. The maximum Gasteiger partial charge on any atom is 0.00748 e. The van der Waals surface area contributed by atoms with Gasteiger partial charge in [-0.2, -0.15) is 0 Å². The average Bonchev–Trinajstić information content (AvgIpc) is 2.08. The first-order chi connectivity index (χ1) is 6.75. The summed E-state index contributed by atoms with van der Waals surface area (Å²) < 4.78 is 0.